The number of hydrogen-bond donors (Lipinski definition) is 0. The average Bonchev–Trinajstić information content (AvgIpc) is 3.50. The van der Waals surface area contributed by atoms with Crippen molar-refractivity contribution in [2.75, 3.05) is 9.80 Å². The standard InChI is InChI=1S/C38H22BF4N3/c40-37(41)28-17-10-19-30-36(28)46(38(37,42)43)33-22-25(44(23-11-3-1-4-12-23)24-13-5-2-6-14-24)21-32-34(33)39(30)29-18-9-16-27-26-15-7-8-20-31(26)45(32)35(27)29/h1-22H. The van der Waals surface area contributed by atoms with Crippen LogP contribution >= 0.6 is 0 Å². The van der Waals surface area contributed by atoms with Crippen molar-refractivity contribution in [1.29, 1.82) is 0 Å². The molecule has 3 aliphatic heterocycles. The van der Waals surface area contributed by atoms with E-state index in [-0.39, 0.29) is 11.4 Å². The van der Waals surface area contributed by atoms with Gasteiger partial charge in [0.25, 0.3) is 6.71 Å². The third kappa shape index (κ3) is 2.99. The van der Waals surface area contributed by atoms with Crippen molar-refractivity contribution in [2.45, 2.75) is 12.0 Å². The van der Waals surface area contributed by atoms with Crippen molar-refractivity contribution >= 4 is 73.3 Å². The van der Waals surface area contributed by atoms with Crippen LogP contribution in [0.1, 0.15) is 5.56 Å². The number of para-hydroxylation sites is 5. The number of nitrogens with zero attached hydrogens (tertiary/aromatic N) is 3. The van der Waals surface area contributed by atoms with E-state index in [4.69, 9.17) is 0 Å². The summed E-state index contributed by atoms with van der Waals surface area (Å²) in [4.78, 5) is 2.60. The molecule has 0 fully saturated rings. The molecule has 8 heteroatoms. The summed E-state index contributed by atoms with van der Waals surface area (Å²) in [6.07, 6.45) is 0. The molecule has 0 aliphatic carbocycles. The quantitative estimate of drug-likeness (QED) is 0.114. The summed E-state index contributed by atoms with van der Waals surface area (Å²) in [5, 5.41) is 2.06. The molecule has 0 spiro atoms. The van der Waals surface area contributed by atoms with Crippen molar-refractivity contribution in [3.8, 4) is 5.69 Å². The van der Waals surface area contributed by atoms with Gasteiger partial charge < -0.3 is 9.47 Å². The van der Waals surface area contributed by atoms with Crippen LogP contribution in [0.25, 0.3) is 27.5 Å². The van der Waals surface area contributed by atoms with Crippen LogP contribution in [-0.2, 0) is 5.92 Å². The summed E-state index contributed by atoms with van der Waals surface area (Å²) in [5.74, 6) is -4.39. The van der Waals surface area contributed by atoms with Crippen LogP contribution in [0.5, 0.6) is 0 Å². The van der Waals surface area contributed by atoms with Gasteiger partial charge in [-0.2, -0.15) is 17.6 Å². The molecule has 7 aromatic rings. The molecule has 0 N–H and O–H groups in total. The molecule has 220 valence electrons. The summed E-state index contributed by atoms with van der Waals surface area (Å²) in [6, 6.07) is 36.9. The van der Waals surface area contributed by atoms with Crippen LogP contribution < -0.4 is 26.2 Å². The van der Waals surface area contributed by atoms with E-state index < -0.39 is 24.2 Å². The van der Waals surface area contributed by atoms with Crippen molar-refractivity contribution in [3.05, 3.63) is 139 Å². The van der Waals surface area contributed by atoms with Gasteiger partial charge in [0.15, 0.2) is 0 Å². The lowest BCUT2D eigenvalue weighted by molar-refractivity contribution is -0.200. The number of fused-ring (bicyclic) bond motifs is 7. The third-order valence-corrected chi connectivity index (χ3v) is 9.81. The zero-order valence-corrected chi connectivity index (χ0v) is 24.1. The first-order valence-electron chi connectivity index (χ1n) is 15.2. The minimum Gasteiger partial charge on any atom is -0.310 e. The van der Waals surface area contributed by atoms with E-state index in [0.29, 0.717) is 27.2 Å². The van der Waals surface area contributed by atoms with Gasteiger partial charge in [-0.3, -0.25) is 4.90 Å². The maximum absolute atomic E-state index is 16.3. The monoisotopic (exact) mass is 607 g/mol. The molecule has 46 heavy (non-hydrogen) atoms. The topological polar surface area (TPSA) is 11.4 Å². The molecule has 3 aliphatic rings. The molecule has 3 nitrogen and oxygen atoms in total. The fourth-order valence-electron chi connectivity index (χ4n) is 8.02. The van der Waals surface area contributed by atoms with Gasteiger partial charge in [-0.05, 0) is 58.9 Å². The van der Waals surface area contributed by atoms with Crippen LogP contribution in [0.3, 0.4) is 0 Å². The molecule has 1 aromatic heterocycles. The highest BCUT2D eigenvalue weighted by atomic mass is 19.3. The first-order valence-corrected chi connectivity index (χ1v) is 15.2. The Hall–Kier alpha value is -5.50. The number of rotatable bonds is 3. The lowest BCUT2D eigenvalue weighted by Crippen LogP contribution is -2.62. The number of hydrogen-bond acceptors (Lipinski definition) is 2. The Morgan fingerprint density at radius 2 is 1.17 bits per heavy atom. The van der Waals surface area contributed by atoms with Crippen LogP contribution in [-0.4, -0.2) is 17.3 Å². The zero-order chi connectivity index (χ0) is 30.9. The van der Waals surface area contributed by atoms with E-state index in [0.717, 1.165) is 44.7 Å². The van der Waals surface area contributed by atoms with Crippen LogP contribution in [0.4, 0.5) is 46.0 Å². The molecule has 0 amide bonds. The molecule has 0 atom stereocenters. The van der Waals surface area contributed by atoms with Gasteiger partial charge in [0.05, 0.1) is 22.5 Å². The maximum Gasteiger partial charge on any atom is 0.397 e. The SMILES string of the molecule is FC1(F)c2cccc3c2N(c2cc(N(c4ccccc4)c4ccccc4)cc4c2B3c2cccc3c5ccccc5n-4c23)C1(F)F. The van der Waals surface area contributed by atoms with Crippen LogP contribution in [0, 0.1) is 0 Å². The summed E-state index contributed by atoms with van der Waals surface area (Å²) in [5.41, 5.74) is 6.07. The Morgan fingerprint density at radius 1 is 0.565 bits per heavy atom. The minimum absolute atomic E-state index is 0.0805. The van der Waals surface area contributed by atoms with E-state index in [2.05, 4.69) is 16.7 Å². The zero-order valence-electron chi connectivity index (χ0n) is 24.1. The summed E-state index contributed by atoms with van der Waals surface area (Å²) < 4.78 is 66.4. The van der Waals surface area contributed by atoms with Crippen LogP contribution in [0.2, 0.25) is 0 Å². The van der Waals surface area contributed by atoms with Gasteiger partial charge in [-0.1, -0.05) is 91.0 Å². The van der Waals surface area contributed by atoms with Gasteiger partial charge in [-0.25, -0.2) is 0 Å². The van der Waals surface area contributed by atoms with Crippen LogP contribution in [0.15, 0.2) is 133 Å². The molecule has 6 aromatic carbocycles. The van der Waals surface area contributed by atoms with Gasteiger partial charge in [0.1, 0.15) is 0 Å². The Labute approximate surface area is 261 Å². The Morgan fingerprint density at radius 3 is 1.91 bits per heavy atom. The molecule has 0 saturated carbocycles. The molecule has 10 rings (SSSR count). The van der Waals surface area contributed by atoms with Crippen molar-refractivity contribution in [3.63, 3.8) is 0 Å². The highest BCUT2D eigenvalue weighted by Crippen LogP contribution is 2.59. The highest BCUT2D eigenvalue weighted by molar-refractivity contribution is 7.00. The minimum atomic E-state index is -4.49. The summed E-state index contributed by atoms with van der Waals surface area (Å²) >= 11 is 0. The van der Waals surface area contributed by atoms with E-state index >= 15 is 17.6 Å². The van der Waals surface area contributed by atoms with Gasteiger partial charge in [-0.15, -0.1) is 0 Å². The first-order chi connectivity index (χ1) is 22.4. The van der Waals surface area contributed by atoms with Crippen molar-refractivity contribution in [1.82, 2.24) is 4.57 Å². The molecule has 4 heterocycles. The largest absolute Gasteiger partial charge is 0.397 e. The third-order valence-electron chi connectivity index (χ3n) is 9.81. The Kier molecular flexibility index (Phi) is 4.82. The van der Waals surface area contributed by atoms with E-state index in [1.54, 1.807) is 12.1 Å². The fourth-order valence-corrected chi connectivity index (χ4v) is 8.02. The number of aromatic nitrogens is 1. The average molecular weight is 607 g/mol. The summed E-state index contributed by atoms with van der Waals surface area (Å²) in [6.45, 7) is -0.516. The maximum atomic E-state index is 16.3. The lowest BCUT2D eigenvalue weighted by atomic mass is 9.34. The predicted molar refractivity (Wildman–Crippen MR) is 178 cm³/mol. The normalized spacial score (nSPS) is 16.1. The van der Waals surface area contributed by atoms with Gasteiger partial charge in [0.2, 0.25) is 0 Å². The second kappa shape index (κ2) is 8.60. The van der Waals surface area contributed by atoms with E-state index in [9.17, 15) is 0 Å². The van der Waals surface area contributed by atoms with Gasteiger partial charge in [0, 0.05) is 39.0 Å². The second-order valence-electron chi connectivity index (χ2n) is 12.1. The molecular formula is C38H22BF4N3. The highest BCUT2D eigenvalue weighted by Gasteiger charge is 2.70. The molecule has 0 radical (unpaired) electrons. The smallest absolute Gasteiger partial charge is 0.310 e. The summed E-state index contributed by atoms with van der Waals surface area (Å²) in [7, 11) is 0. The van der Waals surface area contributed by atoms with Crippen molar-refractivity contribution < 1.29 is 17.6 Å². The predicted octanol–water partition coefficient (Wildman–Crippen LogP) is 8.23. The number of anilines is 5. The first kappa shape index (κ1) is 25.8. The molecule has 0 unspecified atom stereocenters. The van der Waals surface area contributed by atoms with E-state index in [1.807, 2.05) is 102 Å². The number of alkyl halides is 4. The Balaban J connectivity index is 1.39. The van der Waals surface area contributed by atoms with E-state index in [1.165, 1.54) is 6.07 Å². The Bertz CT molecular complexity index is 2370. The number of benzene rings is 6. The molecule has 0 saturated heterocycles. The number of halogens is 4. The molecular weight excluding hydrogens is 585 g/mol. The van der Waals surface area contributed by atoms with Gasteiger partial charge >= 0.3 is 12.0 Å². The molecule has 0 bridgehead atoms. The van der Waals surface area contributed by atoms with Crippen molar-refractivity contribution in [2.24, 2.45) is 0 Å². The fraction of sp³-hybridized carbons (Fsp3) is 0.0526. The lowest BCUT2D eigenvalue weighted by Gasteiger charge is -2.41. The second-order valence-corrected chi connectivity index (χ2v) is 12.1.